The van der Waals surface area contributed by atoms with Crippen molar-refractivity contribution in [2.45, 2.75) is 25.9 Å². The van der Waals surface area contributed by atoms with Crippen molar-refractivity contribution in [3.63, 3.8) is 0 Å². The summed E-state index contributed by atoms with van der Waals surface area (Å²) in [6, 6.07) is 0. The maximum atomic E-state index is 9.90. The predicted molar refractivity (Wildman–Crippen MR) is 55.5 cm³/mol. The van der Waals surface area contributed by atoms with E-state index >= 15 is 0 Å². The maximum absolute atomic E-state index is 9.90. The lowest BCUT2D eigenvalue weighted by Crippen LogP contribution is -2.23. The molecule has 1 fully saturated rings. The van der Waals surface area contributed by atoms with Gasteiger partial charge in [0.25, 0.3) is 0 Å². The van der Waals surface area contributed by atoms with E-state index in [1.54, 1.807) is 11.3 Å². The van der Waals surface area contributed by atoms with E-state index in [1.807, 2.05) is 12.3 Å². The summed E-state index contributed by atoms with van der Waals surface area (Å²) in [7, 11) is 0. The molecule has 0 aliphatic carbocycles. The van der Waals surface area contributed by atoms with Gasteiger partial charge in [-0.25, -0.2) is 4.98 Å². The smallest absolute Gasteiger partial charge is 0.0897 e. The fourth-order valence-corrected chi connectivity index (χ4v) is 2.36. The summed E-state index contributed by atoms with van der Waals surface area (Å²) in [6.45, 7) is 3.47. The van der Waals surface area contributed by atoms with Gasteiger partial charge in [-0.2, -0.15) is 0 Å². The molecular weight excluding hydrogens is 198 g/mol. The fourth-order valence-electron chi connectivity index (χ4n) is 1.74. The number of ether oxygens (including phenoxy) is 1. The zero-order valence-corrected chi connectivity index (χ0v) is 9.09. The van der Waals surface area contributed by atoms with Gasteiger partial charge in [-0.1, -0.05) is 0 Å². The van der Waals surface area contributed by atoms with E-state index in [0.29, 0.717) is 18.9 Å². The fraction of sp³-hybridized carbons (Fsp3) is 0.700. The summed E-state index contributed by atoms with van der Waals surface area (Å²) in [6.07, 6.45) is 1.35. The Hall–Kier alpha value is -0.450. The molecule has 1 N–H and O–H groups in total. The number of rotatable bonds is 3. The lowest BCUT2D eigenvalue weighted by molar-refractivity contribution is 0.0912. The van der Waals surface area contributed by atoms with Crippen molar-refractivity contribution in [1.82, 2.24) is 4.98 Å². The van der Waals surface area contributed by atoms with Crippen molar-refractivity contribution in [1.29, 1.82) is 0 Å². The number of nitrogens with zero attached hydrogens (tertiary/aromatic N) is 1. The molecule has 2 heterocycles. The molecule has 0 aromatic carbocycles. The lowest BCUT2D eigenvalue weighted by Gasteiger charge is -2.14. The molecule has 14 heavy (non-hydrogen) atoms. The third-order valence-electron chi connectivity index (χ3n) is 2.59. The third kappa shape index (κ3) is 2.32. The number of aryl methyl sites for hydroxylation is 1. The normalized spacial score (nSPS) is 24.0. The number of hydrogen-bond acceptors (Lipinski definition) is 4. The Morgan fingerprint density at radius 1 is 1.79 bits per heavy atom. The highest BCUT2D eigenvalue weighted by Crippen LogP contribution is 2.20. The average molecular weight is 213 g/mol. The van der Waals surface area contributed by atoms with Crippen LogP contribution in [0, 0.1) is 12.8 Å². The van der Waals surface area contributed by atoms with Crippen LogP contribution in [-0.2, 0) is 11.2 Å². The molecular formula is C10H15NO2S. The van der Waals surface area contributed by atoms with Crippen LogP contribution in [0.2, 0.25) is 0 Å². The van der Waals surface area contributed by atoms with Crippen LogP contribution in [-0.4, -0.2) is 29.4 Å². The van der Waals surface area contributed by atoms with Gasteiger partial charge in [-0.3, -0.25) is 0 Å². The minimum absolute atomic E-state index is 0.293. The van der Waals surface area contributed by atoms with Gasteiger partial charge in [-0.15, -0.1) is 11.3 Å². The molecule has 0 radical (unpaired) electrons. The Morgan fingerprint density at radius 3 is 3.21 bits per heavy atom. The molecule has 78 valence electrons. The molecule has 0 saturated carbocycles. The van der Waals surface area contributed by atoms with Crippen molar-refractivity contribution in [3.05, 3.63) is 16.1 Å². The second kappa shape index (κ2) is 4.38. The van der Waals surface area contributed by atoms with E-state index in [-0.39, 0.29) is 6.10 Å². The first-order valence-corrected chi connectivity index (χ1v) is 5.80. The van der Waals surface area contributed by atoms with Crippen LogP contribution in [0.15, 0.2) is 5.38 Å². The molecule has 2 unspecified atom stereocenters. The van der Waals surface area contributed by atoms with E-state index in [4.69, 9.17) is 4.74 Å². The van der Waals surface area contributed by atoms with Crippen molar-refractivity contribution in [3.8, 4) is 0 Å². The van der Waals surface area contributed by atoms with E-state index < -0.39 is 0 Å². The predicted octanol–water partition coefficient (Wildman–Crippen LogP) is 1.39. The summed E-state index contributed by atoms with van der Waals surface area (Å²) < 4.78 is 5.24. The van der Waals surface area contributed by atoms with Crippen LogP contribution < -0.4 is 0 Å². The van der Waals surface area contributed by atoms with Gasteiger partial charge in [0.1, 0.15) is 0 Å². The highest BCUT2D eigenvalue weighted by molar-refractivity contribution is 7.09. The van der Waals surface area contributed by atoms with Gasteiger partial charge in [0, 0.05) is 24.3 Å². The molecule has 0 bridgehead atoms. The van der Waals surface area contributed by atoms with Gasteiger partial charge in [0.15, 0.2) is 0 Å². The minimum Gasteiger partial charge on any atom is -0.392 e. The van der Waals surface area contributed by atoms with E-state index in [1.165, 1.54) is 0 Å². The van der Waals surface area contributed by atoms with Gasteiger partial charge in [0.05, 0.1) is 23.4 Å². The van der Waals surface area contributed by atoms with Crippen LogP contribution in [0.1, 0.15) is 17.1 Å². The van der Waals surface area contributed by atoms with E-state index in [2.05, 4.69) is 4.98 Å². The molecule has 2 atom stereocenters. The first-order valence-electron chi connectivity index (χ1n) is 4.92. The third-order valence-corrected chi connectivity index (χ3v) is 3.42. The molecule has 0 spiro atoms. The van der Waals surface area contributed by atoms with Crippen molar-refractivity contribution < 1.29 is 9.84 Å². The average Bonchev–Trinajstić information content (AvgIpc) is 2.75. The molecule has 1 aliphatic heterocycles. The van der Waals surface area contributed by atoms with Crippen LogP contribution in [0.25, 0.3) is 0 Å². The Morgan fingerprint density at radius 2 is 2.64 bits per heavy atom. The standard InChI is InChI=1S/C10H15NO2S/c1-7-11-9(6-14-7)4-10(12)8-2-3-13-5-8/h6,8,10,12H,2-5H2,1H3. The molecule has 3 nitrogen and oxygen atoms in total. The summed E-state index contributed by atoms with van der Waals surface area (Å²) in [5, 5.41) is 13.0. The summed E-state index contributed by atoms with van der Waals surface area (Å²) in [5.74, 6) is 0.303. The first-order chi connectivity index (χ1) is 6.75. The van der Waals surface area contributed by atoms with Crippen LogP contribution in [0.4, 0.5) is 0 Å². The van der Waals surface area contributed by atoms with E-state index in [9.17, 15) is 5.11 Å². The second-order valence-corrected chi connectivity index (χ2v) is 4.82. The highest BCUT2D eigenvalue weighted by atomic mass is 32.1. The van der Waals surface area contributed by atoms with Gasteiger partial charge in [-0.05, 0) is 13.3 Å². The largest absolute Gasteiger partial charge is 0.392 e. The van der Waals surface area contributed by atoms with Crippen molar-refractivity contribution in [2.75, 3.05) is 13.2 Å². The van der Waals surface area contributed by atoms with Gasteiger partial charge < -0.3 is 9.84 Å². The topological polar surface area (TPSA) is 42.4 Å². The zero-order valence-electron chi connectivity index (χ0n) is 8.27. The molecule has 1 aromatic heterocycles. The van der Waals surface area contributed by atoms with E-state index in [0.717, 1.165) is 23.7 Å². The SMILES string of the molecule is Cc1nc(CC(O)C2CCOC2)cs1. The van der Waals surface area contributed by atoms with Gasteiger partial charge in [0.2, 0.25) is 0 Å². The van der Waals surface area contributed by atoms with Gasteiger partial charge >= 0.3 is 0 Å². The quantitative estimate of drug-likeness (QED) is 0.825. The van der Waals surface area contributed by atoms with Crippen LogP contribution in [0.5, 0.6) is 0 Å². The number of aliphatic hydroxyl groups is 1. The van der Waals surface area contributed by atoms with Crippen LogP contribution >= 0.6 is 11.3 Å². The first kappa shape index (κ1) is 10.1. The summed E-state index contributed by atoms with van der Waals surface area (Å²) >= 11 is 1.64. The Balaban J connectivity index is 1.90. The molecule has 1 aromatic rings. The lowest BCUT2D eigenvalue weighted by atomic mass is 9.98. The Kier molecular flexibility index (Phi) is 3.15. The molecule has 1 saturated heterocycles. The number of aromatic nitrogens is 1. The molecule has 4 heteroatoms. The van der Waals surface area contributed by atoms with Crippen molar-refractivity contribution >= 4 is 11.3 Å². The zero-order chi connectivity index (χ0) is 9.97. The number of thiazole rings is 1. The molecule has 2 rings (SSSR count). The molecule has 0 amide bonds. The number of hydrogen-bond donors (Lipinski definition) is 1. The monoisotopic (exact) mass is 213 g/mol. The highest BCUT2D eigenvalue weighted by Gasteiger charge is 2.24. The molecule has 1 aliphatic rings. The Bertz CT molecular complexity index is 294. The Labute approximate surface area is 87.7 Å². The van der Waals surface area contributed by atoms with Crippen molar-refractivity contribution in [2.24, 2.45) is 5.92 Å². The summed E-state index contributed by atoms with van der Waals surface area (Å²) in [5.41, 5.74) is 1.01. The van der Waals surface area contributed by atoms with Crippen LogP contribution in [0.3, 0.4) is 0 Å². The second-order valence-electron chi connectivity index (χ2n) is 3.75. The number of aliphatic hydroxyl groups excluding tert-OH is 1. The minimum atomic E-state index is -0.293. The summed E-state index contributed by atoms with van der Waals surface area (Å²) in [4.78, 5) is 4.34. The maximum Gasteiger partial charge on any atom is 0.0897 e.